The topological polar surface area (TPSA) is 93.0 Å². The lowest BCUT2D eigenvalue weighted by Gasteiger charge is -2.35. The van der Waals surface area contributed by atoms with Gasteiger partial charge < -0.3 is 4.74 Å². The van der Waals surface area contributed by atoms with Gasteiger partial charge in [0.2, 0.25) is 10.0 Å². The molecule has 2 saturated heterocycles. The average Bonchev–Trinajstić information content (AvgIpc) is 3.26. The van der Waals surface area contributed by atoms with Crippen LogP contribution in [0.25, 0.3) is 0 Å². The molecule has 2 aromatic carbocycles. The zero-order valence-corrected chi connectivity index (χ0v) is 20.5. The van der Waals surface area contributed by atoms with Gasteiger partial charge in [0.1, 0.15) is 4.90 Å². The van der Waals surface area contributed by atoms with Gasteiger partial charge in [-0.1, -0.05) is 17.8 Å². The lowest BCUT2D eigenvalue weighted by atomic mass is 10.2. The number of hydrogen-bond donors (Lipinski definition) is 0. The molecule has 2 aromatic rings. The van der Waals surface area contributed by atoms with Crippen LogP contribution in [0.5, 0.6) is 0 Å². The van der Waals surface area contributed by atoms with Gasteiger partial charge in [0.25, 0.3) is 5.69 Å². The van der Waals surface area contributed by atoms with Gasteiger partial charge >= 0.3 is 0 Å². The molecule has 0 saturated carbocycles. The summed E-state index contributed by atoms with van der Waals surface area (Å²) in [6.07, 6.45) is 2.35. The number of sulfonamides is 1. The summed E-state index contributed by atoms with van der Waals surface area (Å²) in [5, 5.41) is 11.4. The van der Waals surface area contributed by atoms with Crippen LogP contribution >= 0.6 is 11.8 Å². The van der Waals surface area contributed by atoms with Crippen molar-refractivity contribution in [1.82, 2.24) is 9.21 Å². The maximum Gasteiger partial charge on any atom is 0.270 e. The Hall–Kier alpha value is -1.98. The molecule has 4 rings (SSSR count). The molecule has 0 spiro atoms. The molecule has 0 aliphatic carbocycles. The van der Waals surface area contributed by atoms with Crippen molar-refractivity contribution in [3.05, 3.63) is 57.6 Å². The van der Waals surface area contributed by atoms with Crippen molar-refractivity contribution in [3.63, 3.8) is 0 Å². The van der Waals surface area contributed by atoms with Gasteiger partial charge in [0, 0.05) is 61.3 Å². The number of benzene rings is 2. The summed E-state index contributed by atoms with van der Waals surface area (Å²) in [5.74, 6) is 0. The number of aryl methyl sites for hydroxylation is 2. The second kappa shape index (κ2) is 10.1. The predicted molar refractivity (Wildman–Crippen MR) is 127 cm³/mol. The van der Waals surface area contributed by atoms with Crippen molar-refractivity contribution < 1.29 is 18.1 Å². The number of nitro benzene ring substituents is 1. The molecule has 0 radical (unpaired) electrons. The first-order valence-corrected chi connectivity index (χ1v) is 13.4. The van der Waals surface area contributed by atoms with E-state index in [1.54, 1.807) is 6.07 Å². The minimum absolute atomic E-state index is 0.00608. The van der Waals surface area contributed by atoms with Gasteiger partial charge in [-0.2, -0.15) is 4.31 Å². The van der Waals surface area contributed by atoms with Crippen LogP contribution in [0.15, 0.2) is 51.1 Å². The highest BCUT2D eigenvalue weighted by molar-refractivity contribution is 8.00. The second-order valence-corrected chi connectivity index (χ2v) is 11.7. The van der Waals surface area contributed by atoms with E-state index < -0.39 is 14.9 Å². The van der Waals surface area contributed by atoms with Crippen LogP contribution in [0.1, 0.15) is 24.0 Å². The van der Waals surface area contributed by atoms with E-state index >= 15 is 0 Å². The summed E-state index contributed by atoms with van der Waals surface area (Å²) >= 11 is 1.32. The molecular formula is C23H29N3O5S2. The van der Waals surface area contributed by atoms with Gasteiger partial charge in [-0.15, -0.1) is 0 Å². The summed E-state index contributed by atoms with van der Waals surface area (Å²) in [7, 11) is -3.89. The molecule has 10 heteroatoms. The summed E-state index contributed by atoms with van der Waals surface area (Å²) in [6, 6.07) is 10.1. The number of ether oxygens (including phenoxy) is 1. The standard InChI is InChI=1S/C23H29N3O5S2/c1-17-12-18(2)14-21(13-17)32-22-6-5-19(26(27)28)15-23(22)33(29,30)25-9-7-24(8-10-25)16-20-4-3-11-31-20/h5-6,12-15,20H,3-4,7-11,16H2,1-2H3. The average molecular weight is 492 g/mol. The molecule has 0 aromatic heterocycles. The highest BCUT2D eigenvalue weighted by Gasteiger charge is 2.33. The molecule has 178 valence electrons. The van der Waals surface area contributed by atoms with E-state index in [-0.39, 0.29) is 16.7 Å². The molecule has 0 N–H and O–H groups in total. The van der Waals surface area contributed by atoms with Crippen LogP contribution in [-0.2, 0) is 14.8 Å². The zero-order valence-electron chi connectivity index (χ0n) is 18.9. The monoisotopic (exact) mass is 491 g/mol. The first-order valence-electron chi connectivity index (χ1n) is 11.1. The lowest BCUT2D eigenvalue weighted by molar-refractivity contribution is -0.385. The van der Waals surface area contributed by atoms with E-state index in [4.69, 9.17) is 4.74 Å². The van der Waals surface area contributed by atoms with E-state index in [1.165, 1.54) is 28.2 Å². The van der Waals surface area contributed by atoms with Crippen molar-refractivity contribution >= 4 is 27.5 Å². The minimum Gasteiger partial charge on any atom is -0.377 e. The number of non-ortho nitro benzene ring substituents is 1. The zero-order chi connectivity index (χ0) is 23.6. The molecule has 0 amide bonds. The fraction of sp³-hybridized carbons (Fsp3) is 0.478. The van der Waals surface area contributed by atoms with E-state index in [9.17, 15) is 18.5 Å². The maximum atomic E-state index is 13.6. The Labute approximate surface area is 199 Å². The van der Waals surface area contributed by atoms with Gasteiger partial charge in [0.05, 0.1) is 11.0 Å². The van der Waals surface area contributed by atoms with Crippen molar-refractivity contribution in [2.24, 2.45) is 0 Å². The van der Waals surface area contributed by atoms with Crippen LogP contribution in [0.4, 0.5) is 5.69 Å². The molecule has 2 heterocycles. The highest BCUT2D eigenvalue weighted by atomic mass is 32.2. The number of nitro groups is 1. The quantitative estimate of drug-likeness (QED) is 0.429. The number of piperazine rings is 1. The third-order valence-electron chi connectivity index (χ3n) is 6.00. The molecular weight excluding hydrogens is 462 g/mol. The van der Waals surface area contributed by atoms with Crippen LogP contribution in [0.2, 0.25) is 0 Å². The minimum atomic E-state index is -3.89. The van der Waals surface area contributed by atoms with Crippen molar-refractivity contribution in [2.45, 2.75) is 47.5 Å². The highest BCUT2D eigenvalue weighted by Crippen LogP contribution is 2.37. The summed E-state index contributed by atoms with van der Waals surface area (Å²) in [6.45, 7) is 7.53. The van der Waals surface area contributed by atoms with Crippen molar-refractivity contribution in [1.29, 1.82) is 0 Å². The Morgan fingerprint density at radius 3 is 2.39 bits per heavy atom. The Balaban J connectivity index is 1.57. The molecule has 8 nitrogen and oxygen atoms in total. The SMILES string of the molecule is Cc1cc(C)cc(Sc2ccc([N+](=O)[O-])cc2S(=O)(=O)N2CCN(CC3CCCO3)CC2)c1. The fourth-order valence-electron chi connectivity index (χ4n) is 4.38. The van der Waals surface area contributed by atoms with Gasteiger partial charge in [-0.25, -0.2) is 8.42 Å². The van der Waals surface area contributed by atoms with E-state index in [1.807, 2.05) is 32.0 Å². The first-order chi connectivity index (χ1) is 15.7. The first kappa shape index (κ1) is 24.2. The van der Waals surface area contributed by atoms with E-state index in [0.717, 1.165) is 42.0 Å². The third-order valence-corrected chi connectivity index (χ3v) is 9.11. The Morgan fingerprint density at radius 1 is 1.09 bits per heavy atom. The van der Waals surface area contributed by atoms with Crippen LogP contribution in [0, 0.1) is 24.0 Å². The molecule has 2 aliphatic heterocycles. The molecule has 1 unspecified atom stereocenters. The van der Waals surface area contributed by atoms with Gasteiger partial charge in [-0.05, 0) is 56.0 Å². The maximum absolute atomic E-state index is 13.6. The van der Waals surface area contributed by atoms with E-state index in [0.29, 0.717) is 31.1 Å². The molecule has 2 aliphatic rings. The predicted octanol–water partition coefficient (Wildman–Crippen LogP) is 3.85. The largest absolute Gasteiger partial charge is 0.377 e. The normalized spacial score (nSPS) is 20.2. The number of nitrogens with zero attached hydrogens (tertiary/aromatic N) is 3. The third kappa shape index (κ3) is 5.75. The molecule has 0 bridgehead atoms. The summed E-state index contributed by atoms with van der Waals surface area (Å²) in [4.78, 5) is 14.5. The van der Waals surface area contributed by atoms with Crippen molar-refractivity contribution in [3.8, 4) is 0 Å². The Morgan fingerprint density at radius 2 is 1.79 bits per heavy atom. The second-order valence-electron chi connectivity index (χ2n) is 8.65. The van der Waals surface area contributed by atoms with Crippen molar-refractivity contribution in [2.75, 3.05) is 39.3 Å². The van der Waals surface area contributed by atoms with Crippen LogP contribution < -0.4 is 0 Å². The number of rotatable bonds is 7. The Bertz CT molecular complexity index is 1100. The fourth-order valence-corrected chi connectivity index (χ4v) is 7.38. The van der Waals surface area contributed by atoms with Gasteiger partial charge in [-0.3, -0.25) is 15.0 Å². The summed E-state index contributed by atoms with van der Waals surface area (Å²) in [5.41, 5.74) is 1.92. The lowest BCUT2D eigenvalue weighted by Crippen LogP contribution is -2.50. The van der Waals surface area contributed by atoms with E-state index in [2.05, 4.69) is 4.90 Å². The molecule has 33 heavy (non-hydrogen) atoms. The summed E-state index contributed by atoms with van der Waals surface area (Å²) < 4.78 is 34.4. The molecule has 2 fully saturated rings. The van der Waals surface area contributed by atoms with Crippen LogP contribution in [-0.4, -0.2) is 68.0 Å². The Kier molecular flexibility index (Phi) is 7.40. The number of hydrogen-bond acceptors (Lipinski definition) is 7. The van der Waals surface area contributed by atoms with Gasteiger partial charge in [0.15, 0.2) is 0 Å². The molecule has 1 atom stereocenters. The van der Waals surface area contributed by atoms with Crippen LogP contribution in [0.3, 0.4) is 0 Å². The smallest absolute Gasteiger partial charge is 0.270 e.